The van der Waals surface area contributed by atoms with Gasteiger partial charge in [-0.15, -0.1) is 0 Å². The average Bonchev–Trinajstić information content (AvgIpc) is 2.41. The molecule has 1 saturated carbocycles. The summed E-state index contributed by atoms with van der Waals surface area (Å²) in [7, 11) is 1.50. The van der Waals surface area contributed by atoms with Gasteiger partial charge in [-0.05, 0) is 37.8 Å². The van der Waals surface area contributed by atoms with Gasteiger partial charge in [0.15, 0.2) is 0 Å². The molecule has 2 rings (SSSR count). The molecule has 0 atom stereocenters. The average molecular weight is 250 g/mol. The lowest BCUT2D eigenvalue weighted by molar-refractivity contribution is 0.0864. The molecule has 1 heterocycles. The van der Waals surface area contributed by atoms with Gasteiger partial charge in [-0.3, -0.25) is 4.79 Å². The molecule has 1 fully saturated rings. The van der Waals surface area contributed by atoms with Crippen molar-refractivity contribution in [3.05, 3.63) is 23.9 Å². The van der Waals surface area contributed by atoms with Crippen molar-refractivity contribution < 1.29 is 14.6 Å². The number of aliphatic hydroxyl groups is 1. The summed E-state index contributed by atoms with van der Waals surface area (Å²) in [6.45, 7) is 0. The number of hydrogen-bond donors (Lipinski definition) is 2. The lowest BCUT2D eigenvalue weighted by Crippen LogP contribution is -2.38. The largest absolute Gasteiger partial charge is 0.480 e. The number of aromatic nitrogens is 1. The summed E-state index contributed by atoms with van der Waals surface area (Å²) < 4.78 is 5.06. The SMILES string of the molecule is COc1ncccc1C(=O)NC1CCC(O)CC1. The van der Waals surface area contributed by atoms with Crippen LogP contribution in [-0.2, 0) is 0 Å². The highest BCUT2D eigenvalue weighted by molar-refractivity contribution is 5.96. The van der Waals surface area contributed by atoms with Crippen molar-refractivity contribution in [2.75, 3.05) is 7.11 Å². The molecule has 1 amide bonds. The third-order valence-corrected chi connectivity index (χ3v) is 3.24. The van der Waals surface area contributed by atoms with E-state index in [1.807, 2.05) is 0 Å². The van der Waals surface area contributed by atoms with Crippen molar-refractivity contribution in [1.82, 2.24) is 10.3 Å². The number of nitrogens with one attached hydrogen (secondary N) is 1. The quantitative estimate of drug-likeness (QED) is 0.843. The lowest BCUT2D eigenvalue weighted by atomic mass is 9.93. The summed E-state index contributed by atoms with van der Waals surface area (Å²) in [4.78, 5) is 16.1. The van der Waals surface area contributed by atoms with Gasteiger partial charge in [0.05, 0.1) is 13.2 Å². The highest BCUT2D eigenvalue weighted by Gasteiger charge is 2.22. The molecule has 2 N–H and O–H groups in total. The van der Waals surface area contributed by atoms with Crippen molar-refractivity contribution in [2.24, 2.45) is 0 Å². The number of carbonyl (C=O) groups is 1. The van der Waals surface area contributed by atoms with E-state index in [2.05, 4.69) is 10.3 Å². The highest BCUT2D eigenvalue weighted by atomic mass is 16.5. The van der Waals surface area contributed by atoms with Crippen molar-refractivity contribution >= 4 is 5.91 Å². The van der Waals surface area contributed by atoms with Crippen LogP contribution >= 0.6 is 0 Å². The number of rotatable bonds is 3. The van der Waals surface area contributed by atoms with Crippen LogP contribution < -0.4 is 10.1 Å². The molecule has 0 radical (unpaired) electrons. The second-order valence-corrected chi connectivity index (χ2v) is 4.54. The number of carbonyl (C=O) groups excluding carboxylic acids is 1. The van der Waals surface area contributed by atoms with Crippen molar-refractivity contribution in [2.45, 2.75) is 37.8 Å². The maximum absolute atomic E-state index is 12.1. The second kappa shape index (κ2) is 5.82. The highest BCUT2D eigenvalue weighted by Crippen LogP contribution is 2.20. The zero-order valence-electron chi connectivity index (χ0n) is 10.4. The van der Waals surface area contributed by atoms with Crippen LogP contribution in [0.3, 0.4) is 0 Å². The predicted molar refractivity (Wildman–Crippen MR) is 66.5 cm³/mol. The van der Waals surface area contributed by atoms with E-state index in [-0.39, 0.29) is 18.1 Å². The summed E-state index contributed by atoms with van der Waals surface area (Å²) >= 11 is 0. The number of ether oxygens (including phenoxy) is 1. The van der Waals surface area contributed by atoms with Crippen LogP contribution in [0.1, 0.15) is 36.0 Å². The number of nitrogens with zero attached hydrogens (tertiary/aromatic N) is 1. The zero-order chi connectivity index (χ0) is 13.0. The topological polar surface area (TPSA) is 71.5 Å². The molecule has 5 heteroatoms. The van der Waals surface area contributed by atoms with Gasteiger partial charge in [-0.1, -0.05) is 0 Å². The van der Waals surface area contributed by atoms with Crippen LogP contribution in [-0.4, -0.2) is 35.3 Å². The number of methoxy groups -OCH3 is 1. The predicted octanol–water partition coefficient (Wildman–Crippen LogP) is 1.12. The minimum absolute atomic E-state index is 0.130. The van der Waals surface area contributed by atoms with Gasteiger partial charge >= 0.3 is 0 Å². The summed E-state index contributed by atoms with van der Waals surface area (Å²) in [6, 6.07) is 3.53. The monoisotopic (exact) mass is 250 g/mol. The Hall–Kier alpha value is -1.62. The van der Waals surface area contributed by atoms with Crippen molar-refractivity contribution in [3.8, 4) is 5.88 Å². The first-order valence-electron chi connectivity index (χ1n) is 6.18. The molecule has 0 aliphatic heterocycles. The summed E-state index contributed by atoms with van der Waals surface area (Å²) in [5.41, 5.74) is 0.450. The van der Waals surface area contributed by atoms with Crippen LogP contribution in [0, 0.1) is 0 Å². The van der Waals surface area contributed by atoms with Gasteiger partial charge in [0.25, 0.3) is 5.91 Å². The van der Waals surface area contributed by atoms with Crippen LogP contribution in [0.5, 0.6) is 5.88 Å². The summed E-state index contributed by atoms with van der Waals surface area (Å²) in [5, 5.41) is 12.4. The Labute approximate surface area is 106 Å². The van der Waals surface area contributed by atoms with E-state index in [0.29, 0.717) is 11.4 Å². The fraction of sp³-hybridized carbons (Fsp3) is 0.538. The number of hydrogen-bond acceptors (Lipinski definition) is 4. The maximum Gasteiger partial charge on any atom is 0.256 e. The van der Waals surface area contributed by atoms with Gasteiger partial charge in [-0.25, -0.2) is 4.98 Å². The summed E-state index contributed by atoms with van der Waals surface area (Å²) in [6.07, 6.45) is 4.49. The van der Waals surface area contributed by atoms with Gasteiger partial charge in [0, 0.05) is 12.2 Å². The fourth-order valence-electron chi connectivity index (χ4n) is 2.21. The molecule has 1 aromatic heterocycles. The fourth-order valence-corrected chi connectivity index (χ4v) is 2.21. The molecule has 18 heavy (non-hydrogen) atoms. The molecule has 0 aromatic carbocycles. The van der Waals surface area contributed by atoms with E-state index in [0.717, 1.165) is 25.7 Å². The molecule has 98 valence electrons. The number of aliphatic hydroxyl groups excluding tert-OH is 1. The van der Waals surface area contributed by atoms with Gasteiger partial charge in [-0.2, -0.15) is 0 Å². The molecule has 0 saturated heterocycles. The van der Waals surface area contributed by atoms with E-state index >= 15 is 0 Å². The minimum atomic E-state index is -0.217. The Bertz CT molecular complexity index is 414. The molecular formula is C13H18N2O3. The Morgan fingerprint density at radius 2 is 2.17 bits per heavy atom. The molecule has 1 aliphatic rings. The Morgan fingerprint density at radius 3 is 2.83 bits per heavy atom. The maximum atomic E-state index is 12.1. The lowest BCUT2D eigenvalue weighted by Gasteiger charge is -2.26. The van der Waals surface area contributed by atoms with E-state index in [1.54, 1.807) is 18.3 Å². The third-order valence-electron chi connectivity index (χ3n) is 3.24. The molecule has 0 bridgehead atoms. The molecule has 0 spiro atoms. The molecule has 1 aliphatic carbocycles. The Kier molecular flexibility index (Phi) is 4.15. The van der Waals surface area contributed by atoms with E-state index < -0.39 is 0 Å². The first-order chi connectivity index (χ1) is 8.70. The van der Waals surface area contributed by atoms with Crippen molar-refractivity contribution in [1.29, 1.82) is 0 Å². The van der Waals surface area contributed by atoms with E-state index in [4.69, 9.17) is 4.74 Å². The van der Waals surface area contributed by atoms with Crippen LogP contribution in [0.2, 0.25) is 0 Å². The van der Waals surface area contributed by atoms with Crippen molar-refractivity contribution in [3.63, 3.8) is 0 Å². The molecule has 5 nitrogen and oxygen atoms in total. The molecular weight excluding hydrogens is 232 g/mol. The van der Waals surface area contributed by atoms with E-state index in [9.17, 15) is 9.90 Å². The molecule has 0 unspecified atom stereocenters. The molecule has 1 aromatic rings. The van der Waals surface area contributed by atoms with Gasteiger partial charge in [0.2, 0.25) is 5.88 Å². The van der Waals surface area contributed by atoms with Gasteiger partial charge < -0.3 is 15.2 Å². The minimum Gasteiger partial charge on any atom is -0.480 e. The van der Waals surface area contributed by atoms with Crippen LogP contribution in [0.25, 0.3) is 0 Å². The Balaban J connectivity index is 1.99. The number of amides is 1. The van der Waals surface area contributed by atoms with E-state index in [1.165, 1.54) is 7.11 Å². The smallest absolute Gasteiger partial charge is 0.256 e. The summed E-state index contributed by atoms with van der Waals surface area (Å²) in [5.74, 6) is 0.173. The normalized spacial score (nSPS) is 23.4. The number of pyridine rings is 1. The zero-order valence-corrected chi connectivity index (χ0v) is 10.4. The second-order valence-electron chi connectivity index (χ2n) is 4.54. The van der Waals surface area contributed by atoms with Gasteiger partial charge in [0.1, 0.15) is 5.56 Å². The first kappa shape index (κ1) is 12.8. The standard InChI is InChI=1S/C13H18N2O3/c1-18-13-11(3-2-8-14-13)12(17)15-9-4-6-10(16)7-5-9/h2-3,8-10,16H,4-7H2,1H3,(H,15,17). The third kappa shape index (κ3) is 2.98. The Morgan fingerprint density at radius 1 is 1.44 bits per heavy atom. The first-order valence-corrected chi connectivity index (χ1v) is 6.18. The van der Waals surface area contributed by atoms with Crippen LogP contribution in [0.15, 0.2) is 18.3 Å². The van der Waals surface area contributed by atoms with Crippen LogP contribution in [0.4, 0.5) is 0 Å².